The molecule has 0 aliphatic rings. The molecule has 0 unspecified atom stereocenters. The zero-order valence-electron chi connectivity index (χ0n) is 11.0. The van der Waals surface area contributed by atoms with E-state index in [0.717, 1.165) is 22.2 Å². The molecule has 0 saturated heterocycles. The highest BCUT2D eigenvalue weighted by atomic mass is 16.1. The lowest BCUT2D eigenvalue weighted by Gasteiger charge is -2.08. The number of aryl methyl sites for hydroxylation is 1. The summed E-state index contributed by atoms with van der Waals surface area (Å²) in [6.45, 7) is 1.83. The van der Waals surface area contributed by atoms with Crippen LogP contribution < -0.4 is 5.32 Å². The Morgan fingerprint density at radius 2 is 1.80 bits per heavy atom. The normalized spacial score (nSPS) is 10.4. The van der Waals surface area contributed by atoms with Crippen LogP contribution in [-0.4, -0.2) is 15.9 Å². The second-order valence-corrected chi connectivity index (χ2v) is 4.52. The molecule has 3 rings (SSSR count). The fourth-order valence-electron chi connectivity index (χ4n) is 2.03. The molecule has 98 valence electrons. The number of carbonyl (C=O) groups excluding carboxylic acids is 1. The van der Waals surface area contributed by atoms with E-state index in [0.29, 0.717) is 5.69 Å². The highest BCUT2D eigenvalue weighted by Gasteiger charge is 2.09. The van der Waals surface area contributed by atoms with E-state index in [9.17, 15) is 4.79 Å². The van der Waals surface area contributed by atoms with Crippen LogP contribution in [0.25, 0.3) is 10.8 Å². The van der Waals surface area contributed by atoms with Gasteiger partial charge in [-0.25, -0.2) is 4.98 Å². The van der Waals surface area contributed by atoms with Crippen molar-refractivity contribution in [2.45, 2.75) is 6.92 Å². The molecule has 0 aliphatic heterocycles. The van der Waals surface area contributed by atoms with Gasteiger partial charge in [0.2, 0.25) is 0 Å². The summed E-state index contributed by atoms with van der Waals surface area (Å²) >= 11 is 0. The molecule has 0 atom stereocenters. The van der Waals surface area contributed by atoms with E-state index >= 15 is 0 Å². The van der Waals surface area contributed by atoms with Crippen LogP contribution in [0.15, 0.2) is 54.9 Å². The number of hydrogen-bond acceptors (Lipinski definition) is 3. The van der Waals surface area contributed by atoms with Crippen molar-refractivity contribution in [3.05, 3.63) is 66.2 Å². The number of fused-ring (bicyclic) bond motifs is 1. The van der Waals surface area contributed by atoms with E-state index < -0.39 is 0 Å². The SMILES string of the molecule is Cc1cnc(C(=O)Nc2cccc3ccccc23)cn1. The smallest absolute Gasteiger partial charge is 0.275 e. The third-order valence-corrected chi connectivity index (χ3v) is 3.05. The summed E-state index contributed by atoms with van der Waals surface area (Å²) in [5.41, 5.74) is 1.87. The molecule has 0 spiro atoms. The Morgan fingerprint density at radius 3 is 2.60 bits per heavy atom. The molecule has 4 nitrogen and oxygen atoms in total. The number of amides is 1. The molecule has 2 aromatic carbocycles. The average molecular weight is 263 g/mol. The monoisotopic (exact) mass is 263 g/mol. The summed E-state index contributed by atoms with van der Waals surface area (Å²) in [7, 11) is 0. The van der Waals surface area contributed by atoms with Crippen LogP contribution in [0.2, 0.25) is 0 Å². The van der Waals surface area contributed by atoms with Gasteiger partial charge < -0.3 is 5.32 Å². The summed E-state index contributed by atoms with van der Waals surface area (Å²) in [6.07, 6.45) is 3.06. The molecule has 20 heavy (non-hydrogen) atoms. The van der Waals surface area contributed by atoms with Gasteiger partial charge in [0.15, 0.2) is 0 Å². The van der Waals surface area contributed by atoms with Gasteiger partial charge in [-0.15, -0.1) is 0 Å². The zero-order valence-corrected chi connectivity index (χ0v) is 11.0. The Labute approximate surface area is 116 Å². The lowest BCUT2D eigenvalue weighted by molar-refractivity contribution is 0.102. The molecule has 1 N–H and O–H groups in total. The second-order valence-electron chi connectivity index (χ2n) is 4.52. The van der Waals surface area contributed by atoms with Gasteiger partial charge in [0.05, 0.1) is 11.9 Å². The topological polar surface area (TPSA) is 54.9 Å². The van der Waals surface area contributed by atoms with Crippen molar-refractivity contribution in [3.8, 4) is 0 Å². The fraction of sp³-hybridized carbons (Fsp3) is 0.0625. The third-order valence-electron chi connectivity index (χ3n) is 3.05. The summed E-state index contributed by atoms with van der Waals surface area (Å²) in [4.78, 5) is 20.3. The summed E-state index contributed by atoms with van der Waals surface area (Å²) in [5.74, 6) is -0.256. The van der Waals surface area contributed by atoms with E-state index in [2.05, 4.69) is 15.3 Å². The Hall–Kier alpha value is -2.75. The van der Waals surface area contributed by atoms with Gasteiger partial charge in [0.1, 0.15) is 5.69 Å². The number of nitrogens with one attached hydrogen (secondary N) is 1. The number of hydrogen-bond donors (Lipinski definition) is 1. The molecule has 0 bridgehead atoms. The minimum Gasteiger partial charge on any atom is -0.320 e. The predicted molar refractivity (Wildman–Crippen MR) is 78.7 cm³/mol. The van der Waals surface area contributed by atoms with Crippen LogP contribution in [-0.2, 0) is 0 Å². The molecule has 1 amide bonds. The Kier molecular flexibility index (Phi) is 3.13. The van der Waals surface area contributed by atoms with Crippen LogP contribution in [0.1, 0.15) is 16.2 Å². The minimum absolute atomic E-state index is 0.256. The molecular formula is C16H13N3O. The van der Waals surface area contributed by atoms with Crippen LogP contribution in [0.5, 0.6) is 0 Å². The van der Waals surface area contributed by atoms with E-state index in [4.69, 9.17) is 0 Å². The highest BCUT2D eigenvalue weighted by Crippen LogP contribution is 2.23. The highest BCUT2D eigenvalue weighted by molar-refractivity contribution is 6.08. The van der Waals surface area contributed by atoms with E-state index in [1.54, 1.807) is 6.20 Å². The zero-order chi connectivity index (χ0) is 13.9. The van der Waals surface area contributed by atoms with Crippen molar-refractivity contribution < 1.29 is 4.79 Å². The van der Waals surface area contributed by atoms with Gasteiger partial charge in [-0.3, -0.25) is 9.78 Å². The van der Waals surface area contributed by atoms with Gasteiger partial charge in [-0.05, 0) is 18.4 Å². The van der Waals surface area contributed by atoms with Gasteiger partial charge in [-0.2, -0.15) is 0 Å². The maximum absolute atomic E-state index is 12.2. The minimum atomic E-state index is -0.256. The molecule has 0 aliphatic carbocycles. The average Bonchev–Trinajstić information content (AvgIpc) is 2.48. The van der Waals surface area contributed by atoms with Crippen molar-refractivity contribution in [3.63, 3.8) is 0 Å². The first kappa shape index (κ1) is 12.3. The molecule has 3 aromatic rings. The Morgan fingerprint density at radius 1 is 1.00 bits per heavy atom. The third kappa shape index (κ3) is 2.36. The van der Waals surface area contributed by atoms with E-state index in [1.165, 1.54) is 6.20 Å². The Bertz CT molecular complexity index is 761. The summed E-state index contributed by atoms with van der Waals surface area (Å²) in [5, 5.41) is 4.97. The maximum atomic E-state index is 12.2. The first-order valence-electron chi connectivity index (χ1n) is 6.32. The predicted octanol–water partition coefficient (Wildman–Crippen LogP) is 3.19. The first-order chi connectivity index (χ1) is 9.74. The molecule has 4 heteroatoms. The summed E-state index contributed by atoms with van der Waals surface area (Å²) in [6, 6.07) is 13.7. The standard InChI is InChI=1S/C16H13N3O/c1-11-9-18-15(10-17-11)16(20)19-14-8-4-6-12-5-2-3-7-13(12)14/h2-10H,1H3,(H,19,20). The molecular weight excluding hydrogens is 250 g/mol. The quantitative estimate of drug-likeness (QED) is 0.772. The van der Waals surface area contributed by atoms with Gasteiger partial charge >= 0.3 is 0 Å². The molecule has 0 saturated carbocycles. The largest absolute Gasteiger partial charge is 0.320 e. The van der Waals surface area contributed by atoms with Crippen molar-refractivity contribution in [2.24, 2.45) is 0 Å². The van der Waals surface area contributed by atoms with Gasteiger partial charge in [0.25, 0.3) is 5.91 Å². The fourth-order valence-corrected chi connectivity index (χ4v) is 2.03. The van der Waals surface area contributed by atoms with Crippen LogP contribution in [0.3, 0.4) is 0 Å². The number of aromatic nitrogens is 2. The van der Waals surface area contributed by atoms with Crippen LogP contribution >= 0.6 is 0 Å². The van der Waals surface area contributed by atoms with Crippen molar-refractivity contribution in [2.75, 3.05) is 5.32 Å². The number of benzene rings is 2. The second kappa shape index (κ2) is 5.09. The lowest BCUT2D eigenvalue weighted by Crippen LogP contribution is -2.14. The van der Waals surface area contributed by atoms with Crippen molar-refractivity contribution >= 4 is 22.4 Å². The summed E-state index contributed by atoms with van der Waals surface area (Å²) < 4.78 is 0. The lowest BCUT2D eigenvalue weighted by atomic mass is 10.1. The van der Waals surface area contributed by atoms with Gasteiger partial charge in [-0.1, -0.05) is 36.4 Å². The maximum Gasteiger partial charge on any atom is 0.275 e. The Balaban J connectivity index is 1.93. The molecule has 1 heterocycles. The molecule has 0 fully saturated rings. The number of anilines is 1. The van der Waals surface area contributed by atoms with Crippen molar-refractivity contribution in [1.29, 1.82) is 0 Å². The number of nitrogens with zero attached hydrogens (tertiary/aromatic N) is 2. The van der Waals surface area contributed by atoms with E-state index in [1.807, 2.05) is 49.4 Å². The van der Waals surface area contributed by atoms with Crippen LogP contribution in [0, 0.1) is 6.92 Å². The number of carbonyl (C=O) groups is 1. The molecule has 0 radical (unpaired) electrons. The molecule has 1 aromatic heterocycles. The van der Waals surface area contributed by atoms with Gasteiger partial charge in [0, 0.05) is 17.3 Å². The number of rotatable bonds is 2. The van der Waals surface area contributed by atoms with Crippen LogP contribution in [0.4, 0.5) is 5.69 Å². The van der Waals surface area contributed by atoms with Crippen molar-refractivity contribution in [1.82, 2.24) is 9.97 Å². The van der Waals surface area contributed by atoms with E-state index in [-0.39, 0.29) is 5.91 Å². The first-order valence-corrected chi connectivity index (χ1v) is 6.32.